The molecule has 3 rings (SSSR count). The average molecular weight is 287 g/mol. The Hall–Kier alpha value is -1.02. The van der Waals surface area contributed by atoms with E-state index < -0.39 is 0 Å². The van der Waals surface area contributed by atoms with Gasteiger partial charge in [-0.3, -0.25) is 0 Å². The summed E-state index contributed by atoms with van der Waals surface area (Å²) < 4.78 is 5.93. The van der Waals surface area contributed by atoms with Crippen molar-refractivity contribution < 1.29 is 4.74 Å². The maximum atomic E-state index is 5.93. The topological polar surface area (TPSA) is 21.3 Å². The summed E-state index contributed by atoms with van der Waals surface area (Å²) in [5, 5.41) is 3.72. The van der Waals surface area contributed by atoms with Crippen molar-refractivity contribution in [2.24, 2.45) is 5.92 Å². The third-order valence-electron chi connectivity index (χ3n) is 5.11. The lowest BCUT2D eigenvalue weighted by atomic mass is 9.88. The summed E-state index contributed by atoms with van der Waals surface area (Å²) in [4.78, 5) is 0. The molecule has 0 aromatic heterocycles. The first-order valence-corrected chi connectivity index (χ1v) is 8.86. The Balaban J connectivity index is 1.76. The fourth-order valence-electron chi connectivity index (χ4n) is 4.01. The summed E-state index contributed by atoms with van der Waals surface area (Å²) in [6.45, 7) is 4.10. The monoisotopic (exact) mass is 287 g/mol. The van der Waals surface area contributed by atoms with Crippen LogP contribution in [0.2, 0.25) is 0 Å². The van der Waals surface area contributed by atoms with Crippen LogP contribution in [-0.2, 0) is 6.42 Å². The van der Waals surface area contributed by atoms with Gasteiger partial charge in [0.15, 0.2) is 0 Å². The molecule has 1 fully saturated rings. The fraction of sp³-hybridized carbons (Fsp3) is 0.684. The molecule has 2 nitrogen and oxygen atoms in total. The number of nitrogens with one attached hydrogen (secondary N) is 1. The molecular formula is C19H29NO. The number of hydrogen-bond donors (Lipinski definition) is 1. The molecule has 0 spiro atoms. The van der Waals surface area contributed by atoms with E-state index in [1.807, 2.05) is 0 Å². The summed E-state index contributed by atoms with van der Waals surface area (Å²) in [6.07, 6.45) is 10.9. The molecule has 2 heteroatoms. The van der Waals surface area contributed by atoms with Gasteiger partial charge in [-0.15, -0.1) is 0 Å². The second-order valence-electron chi connectivity index (χ2n) is 6.64. The molecule has 1 unspecified atom stereocenters. The molecule has 1 heterocycles. The number of benzene rings is 1. The van der Waals surface area contributed by atoms with Gasteiger partial charge in [0.1, 0.15) is 5.75 Å². The van der Waals surface area contributed by atoms with Crippen molar-refractivity contribution in [2.75, 3.05) is 13.2 Å². The quantitative estimate of drug-likeness (QED) is 0.797. The average Bonchev–Trinajstić information content (AvgIpc) is 2.84. The van der Waals surface area contributed by atoms with Gasteiger partial charge in [0.25, 0.3) is 0 Å². The Morgan fingerprint density at radius 3 is 2.76 bits per heavy atom. The second kappa shape index (κ2) is 7.31. The Labute approximate surface area is 129 Å². The molecule has 0 bridgehead atoms. The van der Waals surface area contributed by atoms with Gasteiger partial charge in [-0.05, 0) is 24.4 Å². The highest BCUT2D eigenvalue weighted by atomic mass is 16.5. The first-order valence-electron chi connectivity index (χ1n) is 8.86. The van der Waals surface area contributed by atoms with E-state index in [-0.39, 0.29) is 0 Å². The normalized spacial score (nSPS) is 20.6. The van der Waals surface area contributed by atoms with E-state index in [2.05, 4.69) is 30.4 Å². The highest BCUT2D eigenvalue weighted by Crippen LogP contribution is 2.38. The molecule has 116 valence electrons. The zero-order valence-electron chi connectivity index (χ0n) is 13.4. The lowest BCUT2D eigenvalue weighted by Gasteiger charge is -2.25. The van der Waals surface area contributed by atoms with Crippen LogP contribution in [0.25, 0.3) is 0 Å². The van der Waals surface area contributed by atoms with Gasteiger partial charge < -0.3 is 10.1 Å². The predicted octanol–water partition coefficient (Wildman–Crippen LogP) is 4.63. The molecule has 1 aliphatic heterocycles. The summed E-state index contributed by atoms with van der Waals surface area (Å²) in [7, 11) is 0. The maximum Gasteiger partial charge on any atom is 0.127 e. The van der Waals surface area contributed by atoms with Gasteiger partial charge >= 0.3 is 0 Å². The second-order valence-corrected chi connectivity index (χ2v) is 6.64. The Morgan fingerprint density at radius 2 is 2.00 bits per heavy atom. The first-order chi connectivity index (χ1) is 10.4. The fourth-order valence-corrected chi connectivity index (χ4v) is 4.01. The van der Waals surface area contributed by atoms with Crippen molar-refractivity contribution in [3.63, 3.8) is 0 Å². The molecule has 1 N–H and O–H groups in total. The lowest BCUT2D eigenvalue weighted by Crippen LogP contribution is -2.24. The zero-order chi connectivity index (χ0) is 14.5. The minimum absolute atomic E-state index is 0.464. The molecule has 0 radical (unpaired) electrons. The van der Waals surface area contributed by atoms with E-state index in [9.17, 15) is 0 Å². The molecule has 1 atom stereocenters. The lowest BCUT2D eigenvalue weighted by molar-refractivity contribution is 0.330. The van der Waals surface area contributed by atoms with Gasteiger partial charge in [-0.1, -0.05) is 63.6 Å². The molecule has 0 amide bonds. The van der Waals surface area contributed by atoms with Crippen LogP contribution in [0.15, 0.2) is 18.2 Å². The van der Waals surface area contributed by atoms with Gasteiger partial charge in [-0.25, -0.2) is 0 Å². The highest BCUT2D eigenvalue weighted by Gasteiger charge is 2.24. The highest BCUT2D eigenvalue weighted by molar-refractivity contribution is 5.45. The van der Waals surface area contributed by atoms with Gasteiger partial charge in [0.05, 0.1) is 6.61 Å². The van der Waals surface area contributed by atoms with Crippen molar-refractivity contribution in [1.82, 2.24) is 5.32 Å². The van der Waals surface area contributed by atoms with Crippen LogP contribution < -0.4 is 10.1 Å². The molecular weight excluding hydrogens is 258 g/mol. The van der Waals surface area contributed by atoms with E-state index in [1.54, 1.807) is 0 Å². The predicted molar refractivity (Wildman–Crippen MR) is 87.9 cm³/mol. The number of para-hydroxylation sites is 1. The molecule has 21 heavy (non-hydrogen) atoms. The van der Waals surface area contributed by atoms with E-state index >= 15 is 0 Å². The minimum Gasteiger partial charge on any atom is -0.493 e. The summed E-state index contributed by atoms with van der Waals surface area (Å²) in [5.74, 6) is 2.06. The van der Waals surface area contributed by atoms with Crippen LogP contribution in [-0.4, -0.2) is 13.2 Å². The van der Waals surface area contributed by atoms with Gasteiger partial charge in [-0.2, -0.15) is 0 Å². The van der Waals surface area contributed by atoms with Crippen molar-refractivity contribution in [1.29, 1.82) is 0 Å². The standard InChI is InChI=1S/C19H29NO/c1-2-20-18(14-15-8-5-3-4-6-9-15)17-11-7-10-16-12-13-21-19(16)17/h7,10-11,15,18,20H,2-6,8-9,12-14H2,1H3. The van der Waals surface area contributed by atoms with Crippen molar-refractivity contribution in [3.8, 4) is 5.75 Å². The van der Waals surface area contributed by atoms with Crippen LogP contribution in [0, 0.1) is 5.92 Å². The van der Waals surface area contributed by atoms with Gasteiger partial charge in [0.2, 0.25) is 0 Å². The third kappa shape index (κ3) is 3.60. The zero-order valence-corrected chi connectivity index (χ0v) is 13.4. The molecule has 1 aromatic carbocycles. The molecule has 0 saturated heterocycles. The van der Waals surface area contributed by atoms with Crippen LogP contribution in [0.5, 0.6) is 5.75 Å². The van der Waals surface area contributed by atoms with Gasteiger partial charge in [0, 0.05) is 18.0 Å². The number of hydrogen-bond acceptors (Lipinski definition) is 2. The Morgan fingerprint density at radius 1 is 1.19 bits per heavy atom. The molecule has 1 aliphatic carbocycles. The van der Waals surface area contributed by atoms with Crippen LogP contribution in [0.1, 0.15) is 69.0 Å². The van der Waals surface area contributed by atoms with E-state index in [1.165, 1.54) is 61.8 Å². The summed E-state index contributed by atoms with van der Waals surface area (Å²) in [6, 6.07) is 7.17. The SMILES string of the molecule is CCNC(CC1CCCCCC1)c1cccc2c1OCC2. The summed E-state index contributed by atoms with van der Waals surface area (Å²) >= 11 is 0. The largest absolute Gasteiger partial charge is 0.493 e. The Kier molecular flexibility index (Phi) is 5.18. The Bertz CT molecular complexity index is 449. The molecule has 1 aromatic rings. The van der Waals surface area contributed by atoms with E-state index in [0.29, 0.717) is 6.04 Å². The maximum absolute atomic E-state index is 5.93. The first kappa shape index (κ1) is 14.9. The van der Waals surface area contributed by atoms with Crippen molar-refractivity contribution >= 4 is 0 Å². The number of rotatable bonds is 5. The van der Waals surface area contributed by atoms with Crippen LogP contribution in [0.4, 0.5) is 0 Å². The minimum atomic E-state index is 0.464. The number of fused-ring (bicyclic) bond motifs is 1. The van der Waals surface area contributed by atoms with Crippen molar-refractivity contribution in [2.45, 2.75) is 64.3 Å². The van der Waals surface area contributed by atoms with E-state index in [0.717, 1.165) is 25.5 Å². The smallest absolute Gasteiger partial charge is 0.127 e. The molecule has 2 aliphatic rings. The number of ether oxygens (including phenoxy) is 1. The molecule has 1 saturated carbocycles. The van der Waals surface area contributed by atoms with Crippen LogP contribution in [0.3, 0.4) is 0 Å². The third-order valence-corrected chi connectivity index (χ3v) is 5.11. The van der Waals surface area contributed by atoms with Crippen LogP contribution >= 0.6 is 0 Å². The van der Waals surface area contributed by atoms with Crippen molar-refractivity contribution in [3.05, 3.63) is 29.3 Å². The van der Waals surface area contributed by atoms with E-state index in [4.69, 9.17) is 4.74 Å². The summed E-state index contributed by atoms with van der Waals surface area (Å²) in [5.41, 5.74) is 2.80.